The number of hydrogen-bond acceptors (Lipinski definition) is 5. The van der Waals surface area contributed by atoms with Crippen molar-refractivity contribution in [3.8, 4) is 17.3 Å². The number of nitrogens with two attached hydrogens (primary N) is 1. The van der Waals surface area contributed by atoms with Crippen LogP contribution in [0, 0.1) is 11.8 Å². The smallest absolute Gasteiger partial charge is 0.254 e. The second kappa shape index (κ2) is 9.08. The maximum absolute atomic E-state index is 13.8. The summed E-state index contributed by atoms with van der Waals surface area (Å²) in [5.41, 5.74) is 12.6. The molecular weight excluding hydrogens is 500 g/mol. The number of amides is 1. The van der Waals surface area contributed by atoms with Gasteiger partial charge in [0.1, 0.15) is 11.3 Å². The lowest BCUT2D eigenvalue weighted by Crippen LogP contribution is -2.58. The van der Waals surface area contributed by atoms with Crippen molar-refractivity contribution in [2.75, 3.05) is 26.7 Å². The first-order valence-electron chi connectivity index (χ1n) is 14.9. The van der Waals surface area contributed by atoms with E-state index in [1.807, 2.05) is 17.0 Å². The van der Waals surface area contributed by atoms with Crippen molar-refractivity contribution in [2.24, 2.45) is 24.6 Å². The van der Waals surface area contributed by atoms with Gasteiger partial charge < -0.3 is 29.8 Å². The van der Waals surface area contributed by atoms with Gasteiger partial charge >= 0.3 is 0 Å². The van der Waals surface area contributed by atoms with Crippen LogP contribution in [0.15, 0.2) is 36.4 Å². The molecule has 2 aliphatic carbocycles. The molecule has 3 atom stereocenters. The summed E-state index contributed by atoms with van der Waals surface area (Å²) in [7, 11) is 3.75. The first kappa shape index (κ1) is 24.4. The van der Waals surface area contributed by atoms with Gasteiger partial charge in [0.15, 0.2) is 5.82 Å². The van der Waals surface area contributed by atoms with E-state index in [1.165, 1.54) is 29.3 Å². The minimum atomic E-state index is 0.0654. The van der Waals surface area contributed by atoms with E-state index < -0.39 is 0 Å². The maximum atomic E-state index is 13.8. The Bertz CT molecular complexity index is 1640. The normalized spacial score (nSPS) is 24.7. The molecule has 3 N–H and O–H groups in total. The van der Waals surface area contributed by atoms with E-state index in [9.17, 15) is 4.79 Å². The highest BCUT2D eigenvalue weighted by Crippen LogP contribution is 2.41. The van der Waals surface area contributed by atoms with Crippen molar-refractivity contribution in [3.63, 3.8) is 0 Å². The molecular formula is C32H38N6O2. The van der Waals surface area contributed by atoms with E-state index in [-0.39, 0.29) is 18.0 Å². The molecule has 8 heteroatoms. The third kappa shape index (κ3) is 3.72. The van der Waals surface area contributed by atoms with Gasteiger partial charge in [-0.2, -0.15) is 0 Å². The average Bonchev–Trinajstić information content (AvgIpc) is 3.60. The molecule has 0 spiro atoms. The maximum Gasteiger partial charge on any atom is 0.254 e. The largest absolute Gasteiger partial charge is 0.494 e. The van der Waals surface area contributed by atoms with Crippen molar-refractivity contribution in [1.82, 2.24) is 24.3 Å². The predicted octanol–water partition coefficient (Wildman–Crippen LogP) is 4.25. The lowest BCUT2D eigenvalue weighted by molar-refractivity contribution is 0.0261. The predicted molar refractivity (Wildman–Crippen MR) is 157 cm³/mol. The minimum Gasteiger partial charge on any atom is -0.494 e. The summed E-state index contributed by atoms with van der Waals surface area (Å²) in [6.45, 7) is 3.83. The summed E-state index contributed by atoms with van der Waals surface area (Å²) in [6.07, 6.45) is 5.64. The lowest BCUT2D eigenvalue weighted by atomic mass is 9.76. The number of hydrogen-bond donors (Lipinski definition) is 2. The van der Waals surface area contributed by atoms with Gasteiger partial charge in [0.25, 0.3) is 5.91 Å². The van der Waals surface area contributed by atoms with Crippen LogP contribution in [0.5, 0.6) is 5.75 Å². The molecule has 8 nitrogen and oxygen atoms in total. The monoisotopic (exact) mass is 538 g/mol. The highest BCUT2D eigenvalue weighted by atomic mass is 16.5. The zero-order valence-corrected chi connectivity index (χ0v) is 23.4. The fraction of sp³-hybridized carbons (Fsp3) is 0.500. The van der Waals surface area contributed by atoms with Crippen LogP contribution in [-0.2, 0) is 13.6 Å². The van der Waals surface area contributed by atoms with Gasteiger partial charge in [0.2, 0.25) is 0 Å². The number of rotatable bonds is 6. The van der Waals surface area contributed by atoms with Crippen LogP contribution in [-0.4, -0.2) is 63.8 Å². The highest BCUT2D eigenvalue weighted by molar-refractivity contribution is 6.00. The van der Waals surface area contributed by atoms with Gasteiger partial charge in [-0.15, -0.1) is 0 Å². The number of fused-ring (bicyclic) bond motifs is 5. The number of methoxy groups -OCH3 is 1. The molecule has 3 saturated heterocycles. The fourth-order valence-electron chi connectivity index (χ4n) is 7.52. The van der Waals surface area contributed by atoms with Crippen molar-refractivity contribution in [2.45, 2.75) is 56.7 Å². The molecule has 5 heterocycles. The third-order valence-electron chi connectivity index (χ3n) is 10.1. The Kier molecular flexibility index (Phi) is 5.55. The van der Waals surface area contributed by atoms with Crippen molar-refractivity contribution in [1.29, 1.82) is 0 Å². The van der Waals surface area contributed by atoms with Gasteiger partial charge in [0.05, 0.1) is 23.8 Å². The van der Waals surface area contributed by atoms with E-state index in [0.717, 1.165) is 73.9 Å². The standard InChI is InChI=1S/C32H38N6O2/c1-36-30-26(10-21(12-28(30)40-2)32(39)37-17-20-8-9-23(37)13-25(20)33)35-31(36)27-11-19-4-3-5-24(22-14-34-15-22)29(19)38(27)16-18-6-7-18/h3-5,10-12,18,20,22-23,25,34H,6-9,13-17,33H2,1-2H3/t20-,23-,25+/m1/s1. The van der Waals surface area contributed by atoms with Crippen molar-refractivity contribution >= 4 is 27.8 Å². The number of nitrogens with zero attached hydrogens (tertiary/aromatic N) is 4. The molecule has 2 aromatic heterocycles. The van der Waals surface area contributed by atoms with Crippen LogP contribution in [0.3, 0.4) is 0 Å². The Morgan fingerprint density at radius 1 is 1.12 bits per heavy atom. The number of nitrogens with one attached hydrogen (secondary N) is 1. The molecule has 40 heavy (non-hydrogen) atoms. The Morgan fingerprint density at radius 2 is 1.98 bits per heavy atom. The number of imidazole rings is 1. The second-order valence-corrected chi connectivity index (χ2v) is 12.6. The van der Waals surface area contributed by atoms with Gasteiger partial charge in [-0.25, -0.2) is 4.98 Å². The zero-order chi connectivity index (χ0) is 27.1. The highest BCUT2D eigenvalue weighted by Gasteiger charge is 2.41. The van der Waals surface area contributed by atoms with Crippen LogP contribution >= 0.6 is 0 Å². The third-order valence-corrected chi connectivity index (χ3v) is 10.1. The first-order chi connectivity index (χ1) is 19.5. The van der Waals surface area contributed by atoms with Crippen LogP contribution < -0.4 is 15.8 Å². The minimum absolute atomic E-state index is 0.0654. The Balaban J connectivity index is 1.25. The van der Waals surface area contributed by atoms with Crippen LogP contribution in [0.1, 0.15) is 53.9 Å². The molecule has 9 rings (SSSR count). The Hall–Kier alpha value is -3.36. The Labute approximate surface area is 234 Å². The fourth-order valence-corrected chi connectivity index (χ4v) is 7.52. The average molecular weight is 539 g/mol. The number of aryl methyl sites for hydroxylation is 1. The summed E-state index contributed by atoms with van der Waals surface area (Å²) in [5, 5.41) is 4.72. The molecule has 5 aliphatic rings. The summed E-state index contributed by atoms with van der Waals surface area (Å²) in [4.78, 5) is 21.0. The molecule has 0 unspecified atom stereocenters. The summed E-state index contributed by atoms with van der Waals surface area (Å²) < 4.78 is 10.6. The molecule has 2 saturated carbocycles. The topological polar surface area (TPSA) is 90.3 Å². The lowest BCUT2D eigenvalue weighted by Gasteiger charge is -2.48. The van der Waals surface area contributed by atoms with E-state index in [1.54, 1.807) is 7.11 Å². The number of benzene rings is 2. The van der Waals surface area contributed by atoms with E-state index in [0.29, 0.717) is 23.1 Å². The summed E-state index contributed by atoms with van der Waals surface area (Å²) in [5.74, 6) is 3.34. The van der Waals surface area contributed by atoms with Gasteiger partial charge in [-0.1, -0.05) is 18.2 Å². The quantitative estimate of drug-likeness (QED) is 0.383. The summed E-state index contributed by atoms with van der Waals surface area (Å²) in [6, 6.07) is 13.3. The first-order valence-corrected chi connectivity index (χ1v) is 14.9. The second-order valence-electron chi connectivity index (χ2n) is 12.6. The molecule has 5 fully saturated rings. The molecule has 4 aromatic rings. The number of ether oxygens (including phenoxy) is 1. The van der Waals surface area contributed by atoms with Crippen LogP contribution in [0.2, 0.25) is 0 Å². The summed E-state index contributed by atoms with van der Waals surface area (Å²) >= 11 is 0. The van der Waals surface area contributed by atoms with Gasteiger partial charge in [-0.05, 0) is 67.7 Å². The SMILES string of the molecule is COc1cc(C(=O)N2C[C@H]3CC[C@@H]2C[C@@H]3N)cc2nc(-c3cc4cccc(C5CNC5)c4n3CC3CC3)n(C)c12. The number of carbonyl (C=O) groups excluding carboxylic acids is 1. The molecule has 0 radical (unpaired) electrons. The molecule has 1 amide bonds. The van der Waals surface area contributed by atoms with Gasteiger partial charge in [-0.3, -0.25) is 4.79 Å². The molecule has 2 aromatic carbocycles. The number of carbonyl (C=O) groups is 1. The molecule has 208 valence electrons. The van der Waals surface area contributed by atoms with Crippen molar-refractivity contribution < 1.29 is 9.53 Å². The number of aromatic nitrogens is 3. The van der Waals surface area contributed by atoms with E-state index >= 15 is 0 Å². The van der Waals surface area contributed by atoms with Gasteiger partial charge in [0, 0.05) is 62.2 Å². The number of piperidine rings is 2. The van der Waals surface area contributed by atoms with E-state index in [2.05, 4.69) is 45.8 Å². The van der Waals surface area contributed by atoms with E-state index in [4.69, 9.17) is 15.5 Å². The molecule has 3 aliphatic heterocycles. The van der Waals surface area contributed by atoms with Crippen LogP contribution in [0.4, 0.5) is 0 Å². The Morgan fingerprint density at radius 3 is 2.65 bits per heavy atom. The zero-order valence-electron chi connectivity index (χ0n) is 23.4. The number of para-hydroxylation sites is 1. The van der Waals surface area contributed by atoms with Crippen LogP contribution in [0.25, 0.3) is 33.5 Å². The van der Waals surface area contributed by atoms with Crippen molar-refractivity contribution in [3.05, 3.63) is 47.5 Å². The molecule has 2 bridgehead atoms.